The molecule has 0 aliphatic heterocycles. The van der Waals surface area contributed by atoms with Crippen LogP contribution in [0.15, 0.2) is 21.1 Å². The Morgan fingerprint density at radius 3 is 2.41 bits per heavy atom. The van der Waals surface area contributed by atoms with Crippen molar-refractivity contribution in [3.8, 4) is 22.9 Å². The van der Waals surface area contributed by atoms with Crippen LogP contribution < -0.4 is 9.47 Å². The number of ether oxygens (including phenoxy) is 2. The monoisotopic (exact) mass is 318 g/mol. The number of benzene rings is 1. The highest BCUT2D eigenvalue weighted by molar-refractivity contribution is 9.10. The van der Waals surface area contributed by atoms with Gasteiger partial charge < -0.3 is 14.0 Å². The lowest BCUT2D eigenvalue weighted by Crippen LogP contribution is -1.92. The van der Waals surface area contributed by atoms with E-state index in [9.17, 15) is 0 Å². The van der Waals surface area contributed by atoms with Crippen LogP contribution in [-0.4, -0.2) is 24.4 Å². The molecule has 0 fully saturated rings. The second-order valence-corrected chi connectivity index (χ2v) is 4.24. The number of methoxy groups -OCH3 is 2. The lowest BCUT2D eigenvalue weighted by Gasteiger charge is -2.09. The Bertz CT molecular complexity index is 544. The average molecular weight is 320 g/mol. The highest BCUT2D eigenvalue weighted by Gasteiger charge is 2.15. The molecule has 0 aliphatic carbocycles. The molecule has 90 valence electrons. The average Bonchev–Trinajstić information content (AvgIpc) is 2.75. The smallest absolute Gasteiger partial charge is 0.320 e. The molecule has 5 nitrogen and oxygen atoms in total. The van der Waals surface area contributed by atoms with E-state index >= 15 is 0 Å². The van der Waals surface area contributed by atoms with Crippen molar-refractivity contribution < 1.29 is 14.0 Å². The van der Waals surface area contributed by atoms with Gasteiger partial charge in [-0.1, -0.05) is 5.16 Å². The van der Waals surface area contributed by atoms with E-state index in [-0.39, 0.29) is 5.35 Å². The Kier molecular flexibility index (Phi) is 3.54. The van der Waals surface area contributed by atoms with Crippen molar-refractivity contribution >= 4 is 27.5 Å². The van der Waals surface area contributed by atoms with Gasteiger partial charge >= 0.3 is 5.35 Å². The number of hydrogen-bond acceptors (Lipinski definition) is 5. The third kappa shape index (κ3) is 2.37. The Morgan fingerprint density at radius 2 is 1.88 bits per heavy atom. The first kappa shape index (κ1) is 12.2. The Balaban J connectivity index is 2.55. The van der Waals surface area contributed by atoms with E-state index in [2.05, 4.69) is 26.1 Å². The van der Waals surface area contributed by atoms with Crippen LogP contribution in [0.3, 0.4) is 0 Å². The van der Waals surface area contributed by atoms with E-state index in [4.69, 9.17) is 25.6 Å². The third-order valence-electron chi connectivity index (χ3n) is 2.12. The van der Waals surface area contributed by atoms with E-state index in [0.717, 1.165) is 4.47 Å². The minimum Gasteiger partial charge on any atom is -0.493 e. The molecule has 0 atom stereocenters. The topological polar surface area (TPSA) is 57.4 Å². The molecule has 17 heavy (non-hydrogen) atoms. The zero-order valence-corrected chi connectivity index (χ0v) is 11.4. The summed E-state index contributed by atoms with van der Waals surface area (Å²) in [4.78, 5) is 3.93. The van der Waals surface area contributed by atoms with Crippen molar-refractivity contribution in [2.24, 2.45) is 0 Å². The molecule has 0 saturated heterocycles. The Labute approximate surface area is 111 Å². The van der Waals surface area contributed by atoms with E-state index in [0.29, 0.717) is 22.9 Å². The van der Waals surface area contributed by atoms with Crippen molar-refractivity contribution in [2.75, 3.05) is 14.2 Å². The summed E-state index contributed by atoms with van der Waals surface area (Å²) in [6, 6.07) is 3.50. The van der Waals surface area contributed by atoms with Gasteiger partial charge in [0.2, 0.25) is 5.82 Å². The number of aromatic nitrogens is 2. The summed E-state index contributed by atoms with van der Waals surface area (Å²) in [5.74, 6) is 1.56. The van der Waals surface area contributed by atoms with Gasteiger partial charge in [-0.05, 0) is 39.7 Å². The molecule has 1 heterocycles. The molecule has 0 amide bonds. The molecule has 0 spiro atoms. The van der Waals surface area contributed by atoms with Crippen LogP contribution in [0.1, 0.15) is 0 Å². The predicted octanol–water partition coefficient (Wildman–Crippen LogP) is 3.17. The molecule has 7 heteroatoms. The van der Waals surface area contributed by atoms with Gasteiger partial charge in [0.05, 0.1) is 14.2 Å². The van der Waals surface area contributed by atoms with Gasteiger partial charge in [0.25, 0.3) is 0 Å². The van der Waals surface area contributed by atoms with Gasteiger partial charge in [-0.15, -0.1) is 0 Å². The summed E-state index contributed by atoms with van der Waals surface area (Å²) in [6.07, 6.45) is 0. The molecule has 0 saturated carbocycles. The van der Waals surface area contributed by atoms with Crippen molar-refractivity contribution in [3.63, 3.8) is 0 Å². The number of halogens is 2. The maximum atomic E-state index is 5.58. The molecule has 0 N–H and O–H groups in total. The molecule has 1 aromatic heterocycles. The van der Waals surface area contributed by atoms with Crippen LogP contribution in [-0.2, 0) is 0 Å². The first-order valence-corrected chi connectivity index (χ1v) is 5.74. The normalized spacial score (nSPS) is 10.4. The van der Waals surface area contributed by atoms with E-state index in [1.54, 1.807) is 26.4 Å². The van der Waals surface area contributed by atoms with Crippen LogP contribution in [0.2, 0.25) is 5.35 Å². The predicted molar refractivity (Wildman–Crippen MR) is 65.5 cm³/mol. The maximum Gasteiger partial charge on any atom is 0.320 e. The first-order valence-electron chi connectivity index (χ1n) is 4.56. The van der Waals surface area contributed by atoms with Gasteiger partial charge in [-0.25, -0.2) is 0 Å². The molecule has 1 aromatic carbocycles. The van der Waals surface area contributed by atoms with Gasteiger partial charge in [0.1, 0.15) is 0 Å². The highest BCUT2D eigenvalue weighted by Crippen LogP contribution is 2.37. The number of hydrogen-bond donors (Lipinski definition) is 0. The SMILES string of the molecule is COc1cc(Br)c(-c2noc(Cl)n2)cc1OC. The van der Waals surface area contributed by atoms with Crippen molar-refractivity contribution in [1.82, 2.24) is 10.1 Å². The minimum atomic E-state index is -0.0123. The maximum absolute atomic E-state index is 5.58. The second kappa shape index (κ2) is 4.93. The lowest BCUT2D eigenvalue weighted by molar-refractivity contribution is 0.355. The Morgan fingerprint density at radius 1 is 1.24 bits per heavy atom. The number of nitrogens with zero attached hydrogens (tertiary/aromatic N) is 2. The van der Waals surface area contributed by atoms with Crippen molar-refractivity contribution in [2.45, 2.75) is 0 Å². The molecule has 0 unspecified atom stereocenters. The van der Waals surface area contributed by atoms with Crippen LogP contribution in [0, 0.1) is 0 Å². The summed E-state index contributed by atoms with van der Waals surface area (Å²) in [5.41, 5.74) is 0.707. The standard InChI is InChI=1S/C10H8BrClN2O3/c1-15-7-3-5(6(11)4-8(7)16-2)9-13-10(12)17-14-9/h3-4H,1-2H3. The van der Waals surface area contributed by atoms with Crippen LogP contribution in [0.5, 0.6) is 11.5 Å². The first-order chi connectivity index (χ1) is 8.15. The molecule has 0 bridgehead atoms. The zero-order valence-electron chi connectivity index (χ0n) is 9.03. The molecule has 2 aromatic rings. The molecule has 0 radical (unpaired) electrons. The highest BCUT2D eigenvalue weighted by atomic mass is 79.9. The fourth-order valence-corrected chi connectivity index (χ4v) is 1.95. The van der Waals surface area contributed by atoms with Gasteiger partial charge in [-0.2, -0.15) is 4.98 Å². The van der Waals surface area contributed by atoms with Crippen molar-refractivity contribution in [3.05, 3.63) is 22.0 Å². The van der Waals surface area contributed by atoms with Gasteiger partial charge in [0.15, 0.2) is 11.5 Å². The summed E-state index contributed by atoms with van der Waals surface area (Å²) < 4.78 is 15.8. The molecule has 0 aliphatic rings. The molecular formula is C10H8BrClN2O3. The van der Waals surface area contributed by atoms with E-state index in [1.165, 1.54) is 0 Å². The van der Waals surface area contributed by atoms with Gasteiger partial charge in [-0.3, -0.25) is 0 Å². The summed E-state index contributed by atoms with van der Waals surface area (Å²) in [6.45, 7) is 0. The fourth-order valence-electron chi connectivity index (χ4n) is 1.34. The summed E-state index contributed by atoms with van der Waals surface area (Å²) in [7, 11) is 3.12. The number of rotatable bonds is 3. The summed E-state index contributed by atoms with van der Waals surface area (Å²) in [5, 5.41) is 3.72. The van der Waals surface area contributed by atoms with Crippen LogP contribution >= 0.6 is 27.5 Å². The lowest BCUT2D eigenvalue weighted by atomic mass is 10.2. The van der Waals surface area contributed by atoms with Crippen LogP contribution in [0.4, 0.5) is 0 Å². The van der Waals surface area contributed by atoms with E-state index < -0.39 is 0 Å². The minimum absolute atomic E-state index is 0.0123. The molecular weight excluding hydrogens is 311 g/mol. The second-order valence-electron chi connectivity index (χ2n) is 3.06. The van der Waals surface area contributed by atoms with E-state index in [1.807, 2.05) is 0 Å². The third-order valence-corrected chi connectivity index (χ3v) is 2.92. The Hall–Kier alpha value is -1.27. The van der Waals surface area contributed by atoms with Gasteiger partial charge in [0, 0.05) is 10.0 Å². The fraction of sp³-hybridized carbons (Fsp3) is 0.200. The van der Waals surface area contributed by atoms with Crippen molar-refractivity contribution in [1.29, 1.82) is 0 Å². The quantitative estimate of drug-likeness (QED) is 0.869. The van der Waals surface area contributed by atoms with Crippen LogP contribution in [0.25, 0.3) is 11.4 Å². The molecule has 2 rings (SSSR count). The summed E-state index contributed by atoms with van der Waals surface area (Å²) >= 11 is 8.98. The zero-order chi connectivity index (χ0) is 12.4. The largest absolute Gasteiger partial charge is 0.493 e.